The van der Waals surface area contributed by atoms with Gasteiger partial charge in [0.25, 0.3) is 5.91 Å². The molecule has 3 heteroatoms. The Labute approximate surface area is 89.9 Å². The summed E-state index contributed by atoms with van der Waals surface area (Å²) in [6.07, 6.45) is 8.42. The van der Waals surface area contributed by atoms with Gasteiger partial charge in [-0.25, -0.2) is 0 Å². The van der Waals surface area contributed by atoms with Crippen LogP contribution in [0.15, 0.2) is 12.2 Å². The SMILES string of the molecule is C[C@H](/C=C/C1CC1)C(=O)C(=O)NC1CC1. The van der Waals surface area contributed by atoms with Crippen molar-refractivity contribution in [1.82, 2.24) is 5.32 Å². The Balaban J connectivity index is 1.78. The summed E-state index contributed by atoms with van der Waals surface area (Å²) in [7, 11) is 0. The number of amides is 1. The van der Waals surface area contributed by atoms with Crippen molar-refractivity contribution < 1.29 is 9.59 Å². The summed E-state index contributed by atoms with van der Waals surface area (Å²) < 4.78 is 0. The number of nitrogens with one attached hydrogen (secondary N) is 1. The lowest BCUT2D eigenvalue weighted by Crippen LogP contribution is -2.35. The van der Waals surface area contributed by atoms with E-state index in [9.17, 15) is 9.59 Å². The highest BCUT2D eigenvalue weighted by Gasteiger charge is 2.28. The van der Waals surface area contributed by atoms with Crippen LogP contribution in [-0.2, 0) is 9.59 Å². The highest BCUT2D eigenvalue weighted by Crippen LogP contribution is 2.30. The van der Waals surface area contributed by atoms with Crippen LogP contribution in [-0.4, -0.2) is 17.7 Å². The minimum absolute atomic E-state index is 0.265. The van der Waals surface area contributed by atoms with Crippen LogP contribution < -0.4 is 5.32 Å². The van der Waals surface area contributed by atoms with Crippen LogP contribution in [0.2, 0.25) is 0 Å². The van der Waals surface area contributed by atoms with Crippen LogP contribution in [0.5, 0.6) is 0 Å². The average Bonchev–Trinajstić information content (AvgIpc) is 3.06. The molecule has 2 aliphatic rings. The predicted molar refractivity (Wildman–Crippen MR) is 57.2 cm³/mol. The number of carbonyl (C=O) groups is 2. The molecule has 0 aromatic heterocycles. The van der Waals surface area contributed by atoms with Crippen molar-refractivity contribution in [2.45, 2.75) is 38.6 Å². The van der Waals surface area contributed by atoms with Crippen LogP contribution in [0.4, 0.5) is 0 Å². The lowest BCUT2D eigenvalue weighted by molar-refractivity contribution is -0.139. The summed E-state index contributed by atoms with van der Waals surface area (Å²) in [5, 5.41) is 2.72. The zero-order valence-corrected chi connectivity index (χ0v) is 9.03. The third kappa shape index (κ3) is 3.18. The quantitative estimate of drug-likeness (QED) is 0.547. The van der Waals surface area contributed by atoms with E-state index in [1.54, 1.807) is 6.92 Å². The Morgan fingerprint density at radius 1 is 1.27 bits per heavy atom. The molecule has 0 aliphatic heterocycles. The fourth-order valence-corrected chi connectivity index (χ4v) is 1.39. The Bertz CT molecular complexity index is 301. The molecule has 3 nitrogen and oxygen atoms in total. The number of hydrogen-bond acceptors (Lipinski definition) is 2. The molecular formula is C12H17NO2. The number of carbonyl (C=O) groups excluding carboxylic acids is 2. The maximum absolute atomic E-state index is 11.6. The van der Waals surface area contributed by atoms with Crippen LogP contribution in [0.1, 0.15) is 32.6 Å². The average molecular weight is 207 g/mol. The number of Topliss-reactive ketones (excluding diaryl/α,β-unsaturated/α-hetero) is 1. The molecule has 0 bridgehead atoms. The highest BCUT2D eigenvalue weighted by molar-refractivity contribution is 6.37. The van der Waals surface area contributed by atoms with E-state index in [1.807, 2.05) is 6.08 Å². The summed E-state index contributed by atoms with van der Waals surface area (Å²) in [6.45, 7) is 1.79. The molecule has 0 aromatic carbocycles. The van der Waals surface area contributed by atoms with Gasteiger partial charge in [-0.05, 0) is 31.6 Å². The first kappa shape index (κ1) is 10.4. The minimum atomic E-state index is -0.412. The van der Waals surface area contributed by atoms with Gasteiger partial charge in [-0.15, -0.1) is 0 Å². The molecule has 82 valence electrons. The molecule has 2 aliphatic carbocycles. The van der Waals surface area contributed by atoms with E-state index in [0.29, 0.717) is 5.92 Å². The molecule has 2 fully saturated rings. The van der Waals surface area contributed by atoms with Crippen LogP contribution >= 0.6 is 0 Å². The summed E-state index contributed by atoms with van der Waals surface area (Å²) in [4.78, 5) is 23.0. The van der Waals surface area contributed by atoms with Crippen molar-refractivity contribution >= 4 is 11.7 Å². The Hall–Kier alpha value is -1.12. The molecule has 0 aromatic rings. The molecule has 1 atom stereocenters. The zero-order valence-electron chi connectivity index (χ0n) is 9.03. The van der Waals surface area contributed by atoms with Crippen molar-refractivity contribution in [3.8, 4) is 0 Å². The molecule has 0 saturated heterocycles. The first-order valence-corrected chi connectivity index (χ1v) is 5.70. The second kappa shape index (κ2) is 4.17. The van der Waals surface area contributed by atoms with Crippen molar-refractivity contribution in [1.29, 1.82) is 0 Å². The summed E-state index contributed by atoms with van der Waals surface area (Å²) in [5.41, 5.74) is 0. The smallest absolute Gasteiger partial charge is 0.288 e. The Kier molecular flexibility index (Phi) is 2.89. The van der Waals surface area contributed by atoms with Gasteiger partial charge >= 0.3 is 0 Å². The molecule has 15 heavy (non-hydrogen) atoms. The van der Waals surface area contributed by atoms with Gasteiger partial charge < -0.3 is 5.32 Å². The van der Waals surface area contributed by atoms with E-state index < -0.39 is 5.91 Å². The zero-order chi connectivity index (χ0) is 10.8. The maximum Gasteiger partial charge on any atom is 0.288 e. The normalized spacial score (nSPS) is 22.7. The molecule has 2 rings (SSSR count). The number of rotatable bonds is 5. The number of ketones is 1. The molecular weight excluding hydrogens is 190 g/mol. The van der Waals surface area contributed by atoms with Crippen molar-refractivity contribution in [3.05, 3.63) is 12.2 Å². The summed E-state index contributed by atoms with van der Waals surface area (Å²) >= 11 is 0. The third-order valence-corrected chi connectivity index (χ3v) is 2.84. The summed E-state index contributed by atoms with van der Waals surface area (Å²) in [5.74, 6) is -0.333. The third-order valence-electron chi connectivity index (χ3n) is 2.84. The van der Waals surface area contributed by atoms with E-state index in [2.05, 4.69) is 11.4 Å². The highest BCUT2D eigenvalue weighted by atomic mass is 16.2. The van der Waals surface area contributed by atoms with Gasteiger partial charge in [0.1, 0.15) is 0 Å². The number of hydrogen-bond donors (Lipinski definition) is 1. The van der Waals surface area contributed by atoms with Gasteiger partial charge in [0.05, 0.1) is 0 Å². The topological polar surface area (TPSA) is 46.2 Å². The summed E-state index contributed by atoms with van der Waals surface area (Å²) in [6, 6.07) is 0.265. The van der Waals surface area contributed by atoms with Crippen LogP contribution in [0.3, 0.4) is 0 Å². The Morgan fingerprint density at radius 3 is 2.47 bits per heavy atom. The minimum Gasteiger partial charge on any atom is -0.347 e. The lowest BCUT2D eigenvalue weighted by atomic mass is 10.0. The molecule has 1 amide bonds. The first-order chi connectivity index (χ1) is 7.16. The molecule has 0 heterocycles. The standard InChI is InChI=1S/C12H17NO2/c1-8(2-3-9-4-5-9)11(14)12(15)13-10-6-7-10/h2-3,8-10H,4-7H2,1H3,(H,13,15)/b3-2+/t8-/m1/s1. The van der Waals surface area contributed by atoms with Gasteiger partial charge in [0.2, 0.25) is 5.78 Å². The fourth-order valence-electron chi connectivity index (χ4n) is 1.39. The van der Waals surface area contributed by atoms with Gasteiger partial charge in [0.15, 0.2) is 0 Å². The monoisotopic (exact) mass is 207 g/mol. The molecule has 0 unspecified atom stereocenters. The largest absolute Gasteiger partial charge is 0.347 e. The van der Waals surface area contributed by atoms with E-state index >= 15 is 0 Å². The van der Waals surface area contributed by atoms with Gasteiger partial charge in [0, 0.05) is 12.0 Å². The van der Waals surface area contributed by atoms with E-state index in [0.717, 1.165) is 12.8 Å². The van der Waals surface area contributed by atoms with Crippen molar-refractivity contribution in [3.63, 3.8) is 0 Å². The Morgan fingerprint density at radius 2 is 1.93 bits per heavy atom. The second-order valence-corrected chi connectivity index (χ2v) is 4.62. The van der Waals surface area contributed by atoms with E-state index in [1.165, 1.54) is 12.8 Å². The second-order valence-electron chi connectivity index (χ2n) is 4.62. The molecule has 0 radical (unpaired) electrons. The lowest BCUT2D eigenvalue weighted by Gasteiger charge is -2.05. The predicted octanol–water partition coefficient (Wildman–Crippen LogP) is 1.44. The van der Waals surface area contributed by atoms with E-state index in [4.69, 9.17) is 0 Å². The first-order valence-electron chi connectivity index (χ1n) is 5.70. The van der Waals surface area contributed by atoms with E-state index in [-0.39, 0.29) is 17.7 Å². The van der Waals surface area contributed by atoms with Crippen molar-refractivity contribution in [2.75, 3.05) is 0 Å². The molecule has 0 spiro atoms. The molecule has 2 saturated carbocycles. The number of allylic oxidation sites excluding steroid dienone is 2. The molecule has 1 N–H and O–H groups in total. The fraction of sp³-hybridized carbons (Fsp3) is 0.667. The van der Waals surface area contributed by atoms with Crippen LogP contribution in [0.25, 0.3) is 0 Å². The van der Waals surface area contributed by atoms with Gasteiger partial charge in [-0.2, -0.15) is 0 Å². The maximum atomic E-state index is 11.6. The van der Waals surface area contributed by atoms with Gasteiger partial charge in [-0.3, -0.25) is 9.59 Å². The van der Waals surface area contributed by atoms with Gasteiger partial charge in [-0.1, -0.05) is 19.1 Å². The van der Waals surface area contributed by atoms with Crippen LogP contribution in [0, 0.1) is 11.8 Å². The van der Waals surface area contributed by atoms with Crippen molar-refractivity contribution in [2.24, 2.45) is 11.8 Å².